The molecule has 0 unspecified atom stereocenters. The fraction of sp³-hybridized carbons (Fsp3) is 1.00. The largest absolute Gasteiger partial charge is 0.350 e. The lowest BCUT2D eigenvalue weighted by molar-refractivity contribution is -0.0980. The molecule has 0 aromatic heterocycles. The third-order valence-corrected chi connectivity index (χ3v) is 2.69. The summed E-state index contributed by atoms with van der Waals surface area (Å²) in [6.45, 7) is 3.92. The van der Waals surface area contributed by atoms with Gasteiger partial charge < -0.3 is 14.4 Å². The summed E-state index contributed by atoms with van der Waals surface area (Å²) < 4.78 is 11.0. The first-order valence-corrected chi connectivity index (χ1v) is 4.78. The van der Waals surface area contributed by atoms with Gasteiger partial charge in [-0.25, -0.2) is 0 Å². The molecule has 0 bridgehead atoms. The highest BCUT2D eigenvalue weighted by molar-refractivity contribution is 4.74. The summed E-state index contributed by atoms with van der Waals surface area (Å²) in [6.07, 6.45) is 2.63. The van der Waals surface area contributed by atoms with Crippen LogP contribution in [0.1, 0.15) is 12.8 Å². The van der Waals surface area contributed by atoms with Gasteiger partial charge in [0.15, 0.2) is 6.29 Å². The molecule has 2 heterocycles. The van der Waals surface area contributed by atoms with Gasteiger partial charge in [0.25, 0.3) is 0 Å². The Labute approximate surface area is 73.6 Å². The van der Waals surface area contributed by atoms with Crippen molar-refractivity contribution < 1.29 is 9.47 Å². The molecule has 2 aliphatic heterocycles. The van der Waals surface area contributed by atoms with Crippen LogP contribution in [0.5, 0.6) is 0 Å². The zero-order valence-corrected chi connectivity index (χ0v) is 7.66. The molecule has 1 atom stereocenters. The van der Waals surface area contributed by atoms with Crippen molar-refractivity contribution in [1.82, 2.24) is 4.90 Å². The molecule has 3 nitrogen and oxygen atoms in total. The number of hydrogen-bond donors (Lipinski definition) is 0. The summed E-state index contributed by atoms with van der Waals surface area (Å²) in [6, 6.07) is 0. The minimum Gasteiger partial charge on any atom is -0.350 e. The van der Waals surface area contributed by atoms with Crippen molar-refractivity contribution in [3.8, 4) is 0 Å². The van der Waals surface area contributed by atoms with Crippen LogP contribution in [0.15, 0.2) is 0 Å². The highest BCUT2D eigenvalue weighted by Gasteiger charge is 2.29. The predicted molar refractivity (Wildman–Crippen MR) is 45.9 cm³/mol. The van der Waals surface area contributed by atoms with Crippen molar-refractivity contribution in [3.63, 3.8) is 0 Å². The van der Waals surface area contributed by atoms with E-state index in [9.17, 15) is 0 Å². The molecule has 0 saturated carbocycles. The minimum absolute atomic E-state index is 0.0905. The van der Waals surface area contributed by atoms with E-state index in [2.05, 4.69) is 11.9 Å². The molecule has 0 spiro atoms. The number of hydrogen-bond acceptors (Lipinski definition) is 3. The molecule has 2 rings (SSSR count). The second-order valence-electron chi connectivity index (χ2n) is 3.77. The molecule has 0 N–H and O–H groups in total. The van der Waals surface area contributed by atoms with Crippen LogP contribution < -0.4 is 0 Å². The Bertz CT molecular complexity index is 145. The lowest BCUT2D eigenvalue weighted by atomic mass is 9.98. The summed E-state index contributed by atoms with van der Waals surface area (Å²) in [5, 5.41) is 0. The Kier molecular flexibility index (Phi) is 2.63. The van der Waals surface area contributed by atoms with Gasteiger partial charge in [0, 0.05) is 12.5 Å². The van der Waals surface area contributed by atoms with E-state index in [0.29, 0.717) is 5.92 Å². The van der Waals surface area contributed by atoms with E-state index in [-0.39, 0.29) is 6.29 Å². The van der Waals surface area contributed by atoms with Crippen LogP contribution in [0.4, 0.5) is 0 Å². The molecule has 2 fully saturated rings. The average molecular weight is 171 g/mol. The van der Waals surface area contributed by atoms with Crippen molar-refractivity contribution in [2.45, 2.75) is 19.1 Å². The second-order valence-corrected chi connectivity index (χ2v) is 3.77. The molecule has 0 aliphatic carbocycles. The lowest BCUT2D eigenvalue weighted by Crippen LogP contribution is -2.38. The normalized spacial score (nSPS) is 34.2. The van der Waals surface area contributed by atoms with Gasteiger partial charge in [-0.15, -0.1) is 0 Å². The van der Waals surface area contributed by atoms with Gasteiger partial charge in [-0.05, 0) is 26.4 Å². The fourth-order valence-electron chi connectivity index (χ4n) is 2.08. The van der Waals surface area contributed by atoms with Crippen LogP contribution in [0, 0.1) is 5.92 Å². The van der Waals surface area contributed by atoms with Crippen LogP contribution in [0.3, 0.4) is 0 Å². The standard InChI is InChI=1S/C9H17NO2/c1-10-4-2-3-8(7-10)9-11-5-6-12-9/h8-9H,2-7H2,1H3/t8-/m1/s1. The van der Waals surface area contributed by atoms with E-state index in [1.165, 1.54) is 19.4 Å². The van der Waals surface area contributed by atoms with Gasteiger partial charge in [-0.2, -0.15) is 0 Å². The van der Waals surface area contributed by atoms with Crippen molar-refractivity contribution in [2.75, 3.05) is 33.4 Å². The molecular formula is C9H17NO2. The quantitative estimate of drug-likeness (QED) is 0.579. The number of piperidine rings is 1. The number of likely N-dealkylation sites (tertiary alicyclic amines) is 1. The maximum absolute atomic E-state index is 5.49. The lowest BCUT2D eigenvalue weighted by Gasteiger charge is -2.32. The third kappa shape index (κ3) is 1.79. The van der Waals surface area contributed by atoms with Gasteiger partial charge in [0.2, 0.25) is 0 Å². The van der Waals surface area contributed by atoms with E-state index < -0.39 is 0 Å². The molecule has 0 aromatic carbocycles. The fourth-order valence-corrected chi connectivity index (χ4v) is 2.08. The number of rotatable bonds is 1. The SMILES string of the molecule is CN1CCC[C@@H](C2OCCO2)C1. The first-order valence-electron chi connectivity index (χ1n) is 4.78. The Hall–Kier alpha value is -0.120. The molecule has 3 heteroatoms. The topological polar surface area (TPSA) is 21.7 Å². The highest BCUT2D eigenvalue weighted by Crippen LogP contribution is 2.23. The summed E-state index contributed by atoms with van der Waals surface area (Å²) >= 11 is 0. The summed E-state index contributed by atoms with van der Waals surface area (Å²) in [4.78, 5) is 2.36. The van der Waals surface area contributed by atoms with Crippen molar-refractivity contribution in [2.24, 2.45) is 5.92 Å². The van der Waals surface area contributed by atoms with E-state index in [1.54, 1.807) is 0 Å². The number of nitrogens with zero attached hydrogens (tertiary/aromatic N) is 1. The van der Waals surface area contributed by atoms with E-state index in [0.717, 1.165) is 19.8 Å². The number of ether oxygens (including phenoxy) is 2. The molecule has 2 saturated heterocycles. The molecule has 0 aromatic rings. The van der Waals surface area contributed by atoms with Crippen molar-refractivity contribution in [1.29, 1.82) is 0 Å². The first-order chi connectivity index (χ1) is 5.86. The zero-order chi connectivity index (χ0) is 8.39. The molecule has 0 amide bonds. The predicted octanol–water partition coefficient (Wildman–Crippen LogP) is 0.701. The molecular weight excluding hydrogens is 154 g/mol. The van der Waals surface area contributed by atoms with Gasteiger partial charge in [0.05, 0.1) is 13.2 Å². The molecule has 70 valence electrons. The summed E-state index contributed by atoms with van der Waals surface area (Å²) in [5.74, 6) is 0.603. The Balaban J connectivity index is 1.85. The van der Waals surface area contributed by atoms with Crippen LogP contribution in [0.25, 0.3) is 0 Å². The van der Waals surface area contributed by atoms with Gasteiger partial charge in [-0.1, -0.05) is 0 Å². The Morgan fingerprint density at radius 1 is 1.25 bits per heavy atom. The Morgan fingerprint density at radius 2 is 2.00 bits per heavy atom. The summed E-state index contributed by atoms with van der Waals surface area (Å²) in [5.41, 5.74) is 0. The monoisotopic (exact) mass is 171 g/mol. The maximum Gasteiger partial charge on any atom is 0.161 e. The van der Waals surface area contributed by atoms with Crippen molar-refractivity contribution in [3.05, 3.63) is 0 Å². The van der Waals surface area contributed by atoms with E-state index in [4.69, 9.17) is 9.47 Å². The van der Waals surface area contributed by atoms with Crippen LogP contribution >= 0.6 is 0 Å². The van der Waals surface area contributed by atoms with Crippen molar-refractivity contribution >= 4 is 0 Å². The van der Waals surface area contributed by atoms with Crippen LogP contribution in [-0.2, 0) is 9.47 Å². The Morgan fingerprint density at radius 3 is 2.67 bits per heavy atom. The van der Waals surface area contributed by atoms with E-state index in [1.807, 2.05) is 0 Å². The maximum atomic E-state index is 5.49. The van der Waals surface area contributed by atoms with Gasteiger partial charge in [0.1, 0.15) is 0 Å². The molecule has 12 heavy (non-hydrogen) atoms. The smallest absolute Gasteiger partial charge is 0.161 e. The average Bonchev–Trinajstić information content (AvgIpc) is 2.56. The van der Waals surface area contributed by atoms with Gasteiger partial charge >= 0.3 is 0 Å². The molecule has 2 aliphatic rings. The van der Waals surface area contributed by atoms with Crippen LogP contribution in [-0.4, -0.2) is 44.5 Å². The third-order valence-electron chi connectivity index (χ3n) is 2.69. The van der Waals surface area contributed by atoms with Gasteiger partial charge in [-0.3, -0.25) is 0 Å². The van der Waals surface area contributed by atoms with Crippen LogP contribution in [0.2, 0.25) is 0 Å². The second kappa shape index (κ2) is 3.73. The minimum atomic E-state index is 0.0905. The zero-order valence-electron chi connectivity index (χ0n) is 7.66. The van der Waals surface area contributed by atoms with E-state index >= 15 is 0 Å². The highest BCUT2D eigenvalue weighted by atomic mass is 16.7. The molecule has 0 radical (unpaired) electrons. The summed E-state index contributed by atoms with van der Waals surface area (Å²) in [7, 11) is 2.17. The first kappa shape index (κ1) is 8.48.